The van der Waals surface area contributed by atoms with Gasteiger partial charge in [-0.25, -0.2) is 0 Å². The van der Waals surface area contributed by atoms with E-state index in [0.717, 1.165) is 11.0 Å². The van der Waals surface area contributed by atoms with Gasteiger partial charge in [-0.15, -0.1) is 0 Å². The van der Waals surface area contributed by atoms with Crippen LogP contribution < -0.4 is 0 Å². The summed E-state index contributed by atoms with van der Waals surface area (Å²) >= 11 is 3.47. The van der Waals surface area contributed by atoms with Crippen LogP contribution in [0, 0.1) is 0 Å². The zero-order valence-electron chi connectivity index (χ0n) is 9.66. The number of benzene rings is 1. The minimum atomic E-state index is -3.83. The number of hydrogen-bond acceptors (Lipinski definition) is 2. The van der Waals surface area contributed by atoms with Gasteiger partial charge in [0.2, 0.25) is 0 Å². The molecule has 0 spiro atoms. The first-order valence-corrected chi connectivity index (χ1v) is 7.02. The van der Waals surface area contributed by atoms with E-state index >= 15 is 0 Å². The van der Waals surface area contributed by atoms with E-state index in [1.807, 2.05) is 0 Å². The Bertz CT molecular complexity index is 388. The van der Waals surface area contributed by atoms with Gasteiger partial charge in [0.05, 0.1) is 21.1 Å². The van der Waals surface area contributed by atoms with Crippen LogP contribution in [0.3, 0.4) is 0 Å². The predicted octanol–water partition coefficient (Wildman–Crippen LogP) is 1.57. The second kappa shape index (κ2) is 6.27. The van der Waals surface area contributed by atoms with Crippen LogP contribution in [-0.2, 0) is 26.8 Å². The normalized spacial score (nSPS) is 11.6. The number of quaternary nitrogens is 1. The molecular formula is C10H18NO3S2+. The maximum Gasteiger partial charge on any atom is 0.263 e. The van der Waals surface area contributed by atoms with Crippen LogP contribution in [0.5, 0.6) is 0 Å². The third-order valence-electron chi connectivity index (χ3n) is 1.50. The van der Waals surface area contributed by atoms with Crippen molar-refractivity contribution in [2.75, 3.05) is 21.1 Å². The molecule has 0 aliphatic rings. The molecule has 0 atom stereocenters. The van der Waals surface area contributed by atoms with Gasteiger partial charge in [0.25, 0.3) is 9.05 Å². The monoisotopic (exact) mass is 264 g/mol. The van der Waals surface area contributed by atoms with E-state index in [-0.39, 0.29) is 0 Å². The fraction of sp³-hybridized carbons (Fsp3) is 0.400. The summed E-state index contributed by atoms with van der Waals surface area (Å²) in [5.41, 5.74) is 1.40. The molecule has 6 heteroatoms. The van der Waals surface area contributed by atoms with Crippen LogP contribution in [0.1, 0.15) is 5.56 Å². The summed E-state index contributed by atoms with van der Waals surface area (Å²) in [6, 6.07) is 10.6. The summed E-state index contributed by atoms with van der Waals surface area (Å²) in [7, 11) is 2.77. The van der Waals surface area contributed by atoms with Gasteiger partial charge in [-0.2, -0.15) is 4.21 Å². The quantitative estimate of drug-likeness (QED) is 0.796. The highest BCUT2D eigenvalue weighted by atomic mass is 32.9. The van der Waals surface area contributed by atoms with Crippen molar-refractivity contribution < 1.29 is 17.8 Å². The molecule has 0 bridgehead atoms. The maximum atomic E-state index is 9.11. The van der Waals surface area contributed by atoms with Gasteiger partial charge in [-0.05, 0) is 0 Å². The Kier molecular flexibility index (Phi) is 6.06. The van der Waals surface area contributed by atoms with Crippen molar-refractivity contribution in [2.24, 2.45) is 0 Å². The lowest BCUT2D eigenvalue weighted by molar-refractivity contribution is -0.884. The number of rotatable bonds is 2. The fourth-order valence-corrected chi connectivity index (χ4v) is 1.13. The third kappa shape index (κ3) is 13.5. The van der Waals surface area contributed by atoms with E-state index in [9.17, 15) is 0 Å². The zero-order valence-corrected chi connectivity index (χ0v) is 11.3. The van der Waals surface area contributed by atoms with E-state index in [0.29, 0.717) is 0 Å². The topological polar surface area (TPSA) is 57.5 Å². The highest BCUT2D eigenvalue weighted by Crippen LogP contribution is 2.05. The minimum Gasteiger partial charge on any atom is -0.327 e. The van der Waals surface area contributed by atoms with E-state index in [4.69, 9.17) is 13.3 Å². The van der Waals surface area contributed by atoms with E-state index in [1.54, 1.807) is 0 Å². The van der Waals surface area contributed by atoms with Gasteiger partial charge >= 0.3 is 0 Å². The van der Waals surface area contributed by atoms with Crippen molar-refractivity contribution in [3.05, 3.63) is 35.9 Å². The molecular weight excluding hydrogens is 246 g/mol. The molecule has 0 aliphatic heterocycles. The van der Waals surface area contributed by atoms with Crippen molar-refractivity contribution in [3.8, 4) is 0 Å². The molecule has 0 aromatic heterocycles. The van der Waals surface area contributed by atoms with Crippen LogP contribution in [0.15, 0.2) is 30.3 Å². The molecule has 0 saturated heterocycles. The lowest BCUT2D eigenvalue weighted by Gasteiger charge is -2.23. The lowest BCUT2D eigenvalue weighted by atomic mass is 10.2. The molecule has 2 N–H and O–H groups in total. The van der Waals surface area contributed by atoms with E-state index in [2.05, 4.69) is 62.7 Å². The Labute approximate surface area is 102 Å². The number of hydrogen-bond donors (Lipinski definition) is 2. The highest BCUT2D eigenvalue weighted by Gasteiger charge is 2.06. The second-order valence-corrected chi connectivity index (χ2v) is 6.58. The molecule has 0 saturated carbocycles. The minimum absolute atomic E-state index is 0.990. The molecule has 16 heavy (non-hydrogen) atoms. The van der Waals surface area contributed by atoms with E-state index in [1.165, 1.54) is 5.56 Å². The summed E-state index contributed by atoms with van der Waals surface area (Å²) in [6.07, 6.45) is 0. The highest BCUT2D eigenvalue weighted by molar-refractivity contribution is 8.26. The Morgan fingerprint density at radius 1 is 1.19 bits per heavy atom. The molecule has 0 aliphatic carbocycles. The first kappa shape index (κ1) is 15.5. The predicted molar refractivity (Wildman–Crippen MR) is 68.9 cm³/mol. The van der Waals surface area contributed by atoms with Gasteiger partial charge in [0.15, 0.2) is 0 Å². The smallest absolute Gasteiger partial charge is 0.263 e. The molecule has 1 aromatic carbocycles. The first-order valence-electron chi connectivity index (χ1n) is 4.62. The summed E-state index contributed by atoms with van der Waals surface area (Å²) in [6.45, 7) is 1.10. The largest absolute Gasteiger partial charge is 0.327 e. The van der Waals surface area contributed by atoms with Gasteiger partial charge in [0.1, 0.15) is 6.54 Å². The molecule has 1 rings (SSSR count). The number of nitrogens with zero attached hydrogens (tertiary/aromatic N) is 1. The average Bonchev–Trinajstić information content (AvgIpc) is 1.99. The molecule has 92 valence electrons. The van der Waals surface area contributed by atoms with Crippen LogP contribution in [0.2, 0.25) is 0 Å². The first-order chi connectivity index (χ1) is 7.08. The van der Waals surface area contributed by atoms with Crippen LogP contribution in [0.25, 0.3) is 0 Å². The molecule has 1 aromatic rings. The maximum absolute atomic E-state index is 9.11. The fourth-order valence-electron chi connectivity index (χ4n) is 1.13. The lowest BCUT2D eigenvalue weighted by Crippen LogP contribution is -2.33. The van der Waals surface area contributed by atoms with Crippen molar-refractivity contribution in [2.45, 2.75) is 6.54 Å². The Balaban J connectivity index is 0.000000385. The molecule has 0 heterocycles. The summed E-state index contributed by atoms with van der Waals surface area (Å²) in [5, 5.41) is 0. The van der Waals surface area contributed by atoms with Gasteiger partial charge in [0, 0.05) is 16.8 Å². The molecule has 0 unspecified atom stereocenters. The Morgan fingerprint density at radius 3 is 1.88 bits per heavy atom. The summed E-state index contributed by atoms with van der Waals surface area (Å²) in [4.78, 5) is 0. The van der Waals surface area contributed by atoms with Crippen molar-refractivity contribution in [1.29, 1.82) is 0 Å². The van der Waals surface area contributed by atoms with Crippen LogP contribution in [0.4, 0.5) is 0 Å². The molecule has 0 radical (unpaired) electrons. The Hall–Kier alpha value is -0.530. The van der Waals surface area contributed by atoms with Crippen LogP contribution >= 0.6 is 0 Å². The third-order valence-corrected chi connectivity index (χ3v) is 1.50. The molecule has 0 amide bonds. The van der Waals surface area contributed by atoms with Crippen LogP contribution in [-0.4, -0.2) is 38.9 Å². The van der Waals surface area contributed by atoms with Gasteiger partial charge in [-0.3, -0.25) is 9.11 Å². The zero-order chi connectivity index (χ0) is 12.8. The van der Waals surface area contributed by atoms with Crippen molar-refractivity contribution in [1.82, 2.24) is 0 Å². The Morgan fingerprint density at radius 2 is 1.56 bits per heavy atom. The van der Waals surface area contributed by atoms with Crippen molar-refractivity contribution >= 4 is 20.2 Å². The standard InChI is InChI=1S/C10H16N.H2O3S2/c1-11(2,3)9-10-7-5-4-6-8-10;1-5(2,3)4/h4-8H,9H2,1-3H3;(H2,1,2,3,4)/q+1;. The van der Waals surface area contributed by atoms with Gasteiger partial charge in [-0.1, -0.05) is 30.3 Å². The van der Waals surface area contributed by atoms with E-state index < -0.39 is 9.05 Å². The summed E-state index contributed by atoms with van der Waals surface area (Å²) < 4.78 is 24.9. The molecule has 0 fully saturated rings. The van der Waals surface area contributed by atoms with Crippen molar-refractivity contribution in [3.63, 3.8) is 0 Å². The summed E-state index contributed by atoms with van der Waals surface area (Å²) in [5.74, 6) is 0. The molecule has 4 nitrogen and oxygen atoms in total. The average molecular weight is 264 g/mol. The SMILES string of the molecule is C[N+](C)(C)Cc1ccccc1.O=S(O)(O)=S. The van der Waals surface area contributed by atoms with Gasteiger partial charge < -0.3 is 4.48 Å². The second-order valence-electron chi connectivity index (χ2n) is 4.38.